The van der Waals surface area contributed by atoms with E-state index in [1.807, 2.05) is 0 Å². The van der Waals surface area contributed by atoms with Gasteiger partial charge in [0.05, 0.1) is 18.8 Å². The molecule has 0 heterocycles. The minimum Gasteiger partial charge on any atom is -0.480 e. The number of hydrogen-bond acceptors (Lipinski definition) is 11. The van der Waals surface area contributed by atoms with Crippen LogP contribution in [0.25, 0.3) is 0 Å². The summed E-state index contributed by atoms with van der Waals surface area (Å²) in [5, 5.41) is 40.7. The molecule has 0 aromatic carbocycles. The maximum absolute atomic E-state index is 13.0. The summed E-state index contributed by atoms with van der Waals surface area (Å²) in [5.41, 5.74) is 16.4. The van der Waals surface area contributed by atoms with Crippen LogP contribution in [-0.2, 0) is 28.8 Å². The standard InChI is InChI=1S/C25H48N8O9/c1-13(28)20(36)33-19(15(3)35)24(40)30-16(8-4-6-10-26)22(38)29-14(2)21(37)32-18(12-34)23(39)31-17(25(41)42)9-5-7-11-27/h13-19,34-35H,4-12,26-28H2,1-3H3,(H,29,38)(H,30,40)(H,31,39)(H,32,37)(H,33,36)(H,41,42)/t13-,14-,15+,16-,17-,18-,19-/m0/s1. The Morgan fingerprint density at radius 3 is 1.57 bits per heavy atom. The molecule has 242 valence electrons. The van der Waals surface area contributed by atoms with E-state index in [1.54, 1.807) is 0 Å². The molecule has 0 aliphatic heterocycles. The topological polar surface area (TPSA) is 301 Å². The number of aliphatic carboxylic acids is 1. The van der Waals surface area contributed by atoms with Crippen LogP contribution in [0.1, 0.15) is 59.3 Å². The number of aliphatic hydroxyl groups is 2. The monoisotopic (exact) mass is 604 g/mol. The van der Waals surface area contributed by atoms with Gasteiger partial charge in [0.2, 0.25) is 29.5 Å². The number of carboxylic acid groups (broad SMARTS) is 1. The summed E-state index contributed by atoms with van der Waals surface area (Å²) in [4.78, 5) is 74.6. The van der Waals surface area contributed by atoms with E-state index in [9.17, 15) is 44.1 Å². The Labute approximate surface area is 245 Å². The Morgan fingerprint density at radius 2 is 1.12 bits per heavy atom. The van der Waals surface area contributed by atoms with Gasteiger partial charge < -0.3 is 59.1 Å². The molecule has 17 nitrogen and oxygen atoms in total. The van der Waals surface area contributed by atoms with Crippen LogP contribution in [-0.4, -0.2) is 113 Å². The largest absolute Gasteiger partial charge is 0.480 e. The van der Waals surface area contributed by atoms with Crippen molar-refractivity contribution in [3.8, 4) is 0 Å². The fourth-order valence-electron chi connectivity index (χ4n) is 3.61. The van der Waals surface area contributed by atoms with E-state index in [4.69, 9.17) is 17.2 Å². The van der Waals surface area contributed by atoms with Crippen molar-refractivity contribution < 1.29 is 44.1 Å². The number of aliphatic hydroxyl groups excluding tert-OH is 2. The number of hydrogen-bond donors (Lipinski definition) is 11. The summed E-state index contributed by atoms with van der Waals surface area (Å²) in [6, 6.07) is -7.57. The summed E-state index contributed by atoms with van der Waals surface area (Å²) < 4.78 is 0. The molecule has 7 atom stereocenters. The molecule has 0 aliphatic carbocycles. The number of amides is 5. The molecule has 14 N–H and O–H groups in total. The molecule has 17 heteroatoms. The molecular weight excluding hydrogens is 556 g/mol. The third kappa shape index (κ3) is 14.5. The van der Waals surface area contributed by atoms with Gasteiger partial charge in [-0.05, 0) is 72.4 Å². The van der Waals surface area contributed by atoms with E-state index < -0.39 is 84.5 Å². The SMILES string of the molecule is C[C@H](N)C(=O)N[C@H](C(=O)N[C@@H](CCCCN)C(=O)N[C@@H](C)C(=O)N[C@@H](CO)C(=O)N[C@@H](CCCCN)C(=O)O)[C@@H](C)O. The maximum Gasteiger partial charge on any atom is 0.326 e. The van der Waals surface area contributed by atoms with E-state index in [0.717, 1.165) is 0 Å². The third-order valence-corrected chi connectivity index (χ3v) is 6.19. The highest BCUT2D eigenvalue weighted by Crippen LogP contribution is 2.05. The quantitative estimate of drug-likeness (QED) is 0.0552. The van der Waals surface area contributed by atoms with Crippen LogP contribution in [0.15, 0.2) is 0 Å². The average molecular weight is 605 g/mol. The molecule has 0 radical (unpaired) electrons. The Kier molecular flexibility index (Phi) is 18.8. The van der Waals surface area contributed by atoms with Crippen molar-refractivity contribution in [2.45, 2.75) is 102 Å². The Balaban J connectivity index is 5.43. The highest BCUT2D eigenvalue weighted by molar-refractivity contribution is 5.96. The minimum atomic E-state index is -1.51. The first-order valence-corrected chi connectivity index (χ1v) is 13.9. The Bertz CT molecular complexity index is 903. The van der Waals surface area contributed by atoms with Crippen molar-refractivity contribution in [1.82, 2.24) is 26.6 Å². The zero-order valence-electron chi connectivity index (χ0n) is 24.4. The predicted octanol–water partition coefficient (Wildman–Crippen LogP) is -4.51. The van der Waals surface area contributed by atoms with Crippen LogP contribution in [0, 0.1) is 0 Å². The van der Waals surface area contributed by atoms with Crippen molar-refractivity contribution in [2.24, 2.45) is 17.2 Å². The maximum atomic E-state index is 13.0. The van der Waals surface area contributed by atoms with E-state index in [-0.39, 0.29) is 12.8 Å². The van der Waals surface area contributed by atoms with Crippen molar-refractivity contribution in [3.05, 3.63) is 0 Å². The summed E-state index contributed by atoms with van der Waals surface area (Å²) in [7, 11) is 0. The lowest BCUT2D eigenvalue weighted by atomic mass is 10.1. The summed E-state index contributed by atoms with van der Waals surface area (Å²) >= 11 is 0. The molecule has 0 saturated heterocycles. The van der Waals surface area contributed by atoms with Gasteiger partial charge in [0.25, 0.3) is 0 Å². The molecule has 0 saturated carbocycles. The lowest BCUT2D eigenvalue weighted by Crippen LogP contribution is -2.60. The van der Waals surface area contributed by atoms with Crippen molar-refractivity contribution in [1.29, 1.82) is 0 Å². The van der Waals surface area contributed by atoms with Gasteiger partial charge >= 0.3 is 5.97 Å². The number of unbranched alkanes of at least 4 members (excludes halogenated alkanes) is 2. The summed E-state index contributed by atoms with van der Waals surface area (Å²) in [6.07, 6.45) is 0.807. The van der Waals surface area contributed by atoms with Gasteiger partial charge in [0.15, 0.2) is 0 Å². The molecule has 0 spiro atoms. The highest BCUT2D eigenvalue weighted by atomic mass is 16.4. The fraction of sp³-hybridized carbons (Fsp3) is 0.760. The molecule has 42 heavy (non-hydrogen) atoms. The second kappa shape index (κ2) is 20.5. The van der Waals surface area contributed by atoms with Crippen LogP contribution in [0.2, 0.25) is 0 Å². The minimum absolute atomic E-state index is 0.0962. The summed E-state index contributed by atoms with van der Waals surface area (Å²) in [5.74, 6) is -5.43. The number of carboxylic acids is 1. The van der Waals surface area contributed by atoms with Crippen LogP contribution in [0.3, 0.4) is 0 Å². The van der Waals surface area contributed by atoms with Crippen LogP contribution < -0.4 is 43.8 Å². The highest BCUT2D eigenvalue weighted by Gasteiger charge is 2.32. The van der Waals surface area contributed by atoms with Gasteiger partial charge in [-0.3, -0.25) is 24.0 Å². The Morgan fingerprint density at radius 1 is 0.643 bits per heavy atom. The van der Waals surface area contributed by atoms with E-state index in [0.29, 0.717) is 38.8 Å². The van der Waals surface area contributed by atoms with Gasteiger partial charge in [0, 0.05) is 0 Å². The first-order valence-electron chi connectivity index (χ1n) is 13.9. The molecule has 0 bridgehead atoms. The van der Waals surface area contributed by atoms with Crippen molar-refractivity contribution in [3.63, 3.8) is 0 Å². The van der Waals surface area contributed by atoms with Gasteiger partial charge in [-0.25, -0.2) is 4.79 Å². The second-order valence-electron chi connectivity index (χ2n) is 10.0. The third-order valence-electron chi connectivity index (χ3n) is 6.19. The van der Waals surface area contributed by atoms with Crippen molar-refractivity contribution in [2.75, 3.05) is 19.7 Å². The predicted molar refractivity (Wildman–Crippen MR) is 151 cm³/mol. The number of carbonyl (C=O) groups is 6. The van der Waals surface area contributed by atoms with Gasteiger partial charge in [0.1, 0.15) is 30.2 Å². The zero-order valence-corrected chi connectivity index (χ0v) is 24.4. The normalized spacial score (nSPS) is 16.0. The van der Waals surface area contributed by atoms with E-state index in [2.05, 4.69) is 26.6 Å². The average Bonchev–Trinajstić information content (AvgIpc) is 2.92. The van der Waals surface area contributed by atoms with Crippen LogP contribution in [0.5, 0.6) is 0 Å². The number of nitrogens with one attached hydrogen (secondary N) is 5. The van der Waals surface area contributed by atoms with Crippen LogP contribution >= 0.6 is 0 Å². The molecule has 0 unspecified atom stereocenters. The number of carbonyl (C=O) groups excluding carboxylic acids is 5. The Hall–Kier alpha value is -3.38. The number of nitrogens with two attached hydrogens (primary N) is 3. The van der Waals surface area contributed by atoms with Crippen molar-refractivity contribution >= 4 is 35.5 Å². The lowest BCUT2D eigenvalue weighted by molar-refractivity contribution is -0.142. The molecule has 0 aromatic rings. The first kappa shape index (κ1) is 38.6. The molecule has 0 fully saturated rings. The molecule has 5 amide bonds. The molecule has 0 aliphatic rings. The van der Waals surface area contributed by atoms with E-state index >= 15 is 0 Å². The fourth-order valence-corrected chi connectivity index (χ4v) is 3.61. The van der Waals surface area contributed by atoms with Gasteiger partial charge in [-0.2, -0.15) is 0 Å². The molecular formula is C25H48N8O9. The number of rotatable bonds is 21. The molecule has 0 rings (SSSR count). The summed E-state index contributed by atoms with van der Waals surface area (Å²) in [6.45, 7) is 3.78. The first-order chi connectivity index (χ1) is 19.7. The van der Waals surface area contributed by atoms with Gasteiger partial charge in [-0.1, -0.05) is 0 Å². The smallest absolute Gasteiger partial charge is 0.326 e. The molecule has 0 aromatic heterocycles. The lowest BCUT2D eigenvalue weighted by Gasteiger charge is -2.26. The van der Waals surface area contributed by atoms with Crippen LogP contribution in [0.4, 0.5) is 0 Å². The second-order valence-corrected chi connectivity index (χ2v) is 10.0. The van der Waals surface area contributed by atoms with Gasteiger partial charge in [-0.15, -0.1) is 0 Å². The van der Waals surface area contributed by atoms with E-state index in [1.165, 1.54) is 20.8 Å². The zero-order chi connectivity index (χ0) is 32.4.